The van der Waals surface area contributed by atoms with Gasteiger partial charge in [-0.15, -0.1) is 0 Å². The number of cyclic esters (lactones) is 1. The van der Waals surface area contributed by atoms with Crippen LogP contribution in [0, 0.1) is 0 Å². The van der Waals surface area contributed by atoms with Crippen molar-refractivity contribution in [2.75, 3.05) is 13.7 Å². The van der Waals surface area contributed by atoms with E-state index in [-0.39, 0.29) is 6.61 Å². The van der Waals surface area contributed by atoms with Crippen molar-refractivity contribution >= 4 is 11.9 Å². The van der Waals surface area contributed by atoms with Gasteiger partial charge in [-0.25, -0.2) is 9.59 Å². The molecule has 1 aromatic carbocycles. The molecular weight excluding hydrogens is 236 g/mol. The highest BCUT2D eigenvalue weighted by Crippen LogP contribution is 2.18. The summed E-state index contributed by atoms with van der Waals surface area (Å²) < 4.78 is 15.0. The van der Waals surface area contributed by atoms with Crippen LogP contribution in [-0.2, 0) is 14.3 Å². The first-order valence-corrected chi connectivity index (χ1v) is 5.39. The SMILES string of the molecule is COc1ccccc1C(=O)OC[C@H]1C=CC(=O)O1. The van der Waals surface area contributed by atoms with Crippen molar-refractivity contribution < 1.29 is 23.8 Å². The van der Waals surface area contributed by atoms with Gasteiger partial charge in [-0.05, 0) is 18.2 Å². The van der Waals surface area contributed by atoms with Crippen molar-refractivity contribution in [1.29, 1.82) is 0 Å². The van der Waals surface area contributed by atoms with E-state index >= 15 is 0 Å². The van der Waals surface area contributed by atoms with E-state index in [0.29, 0.717) is 11.3 Å². The second-order valence-corrected chi connectivity index (χ2v) is 3.63. The van der Waals surface area contributed by atoms with Gasteiger partial charge >= 0.3 is 11.9 Å². The van der Waals surface area contributed by atoms with Crippen LogP contribution in [0.4, 0.5) is 0 Å². The lowest BCUT2D eigenvalue weighted by atomic mass is 10.2. The van der Waals surface area contributed by atoms with Crippen molar-refractivity contribution in [3.8, 4) is 5.75 Å². The smallest absolute Gasteiger partial charge is 0.342 e. The van der Waals surface area contributed by atoms with Crippen molar-refractivity contribution in [1.82, 2.24) is 0 Å². The fourth-order valence-electron chi connectivity index (χ4n) is 1.55. The maximum atomic E-state index is 11.8. The second kappa shape index (κ2) is 5.35. The number of ether oxygens (including phenoxy) is 3. The van der Waals surface area contributed by atoms with Crippen LogP contribution < -0.4 is 4.74 Å². The molecule has 0 amide bonds. The fraction of sp³-hybridized carbons (Fsp3) is 0.231. The molecule has 0 unspecified atom stereocenters. The van der Waals surface area contributed by atoms with Gasteiger partial charge in [0.2, 0.25) is 0 Å². The Balaban J connectivity index is 1.95. The van der Waals surface area contributed by atoms with Crippen LogP contribution in [0.3, 0.4) is 0 Å². The quantitative estimate of drug-likeness (QED) is 0.752. The van der Waals surface area contributed by atoms with Gasteiger partial charge < -0.3 is 14.2 Å². The number of carbonyl (C=O) groups excluding carboxylic acids is 2. The van der Waals surface area contributed by atoms with Crippen molar-refractivity contribution in [2.45, 2.75) is 6.10 Å². The molecule has 1 heterocycles. The maximum absolute atomic E-state index is 11.8. The zero-order valence-corrected chi connectivity index (χ0v) is 9.79. The second-order valence-electron chi connectivity index (χ2n) is 3.63. The molecule has 1 aromatic rings. The molecule has 0 fully saturated rings. The lowest BCUT2D eigenvalue weighted by molar-refractivity contribution is -0.140. The van der Waals surface area contributed by atoms with Gasteiger partial charge in [0, 0.05) is 6.08 Å². The van der Waals surface area contributed by atoms with Gasteiger partial charge in [0.05, 0.1) is 7.11 Å². The van der Waals surface area contributed by atoms with Gasteiger partial charge in [-0.3, -0.25) is 0 Å². The van der Waals surface area contributed by atoms with E-state index in [1.54, 1.807) is 30.3 Å². The van der Waals surface area contributed by atoms with Gasteiger partial charge in [0.25, 0.3) is 0 Å². The predicted molar refractivity (Wildman–Crippen MR) is 62.3 cm³/mol. The predicted octanol–water partition coefficient (Wildman–Crippen LogP) is 1.33. The van der Waals surface area contributed by atoms with Crippen LogP contribution >= 0.6 is 0 Å². The lowest BCUT2D eigenvalue weighted by Gasteiger charge is -2.11. The van der Waals surface area contributed by atoms with E-state index in [1.807, 2.05) is 0 Å². The highest BCUT2D eigenvalue weighted by molar-refractivity contribution is 5.92. The molecule has 18 heavy (non-hydrogen) atoms. The number of rotatable bonds is 4. The van der Waals surface area contributed by atoms with Crippen molar-refractivity contribution in [2.24, 2.45) is 0 Å². The average Bonchev–Trinajstić information content (AvgIpc) is 2.81. The van der Waals surface area contributed by atoms with Crippen molar-refractivity contribution in [3.05, 3.63) is 42.0 Å². The fourth-order valence-corrected chi connectivity index (χ4v) is 1.55. The van der Waals surface area contributed by atoms with Crippen LogP contribution in [0.5, 0.6) is 5.75 Å². The summed E-state index contributed by atoms with van der Waals surface area (Å²) in [6, 6.07) is 6.76. The van der Waals surface area contributed by atoms with Crippen LogP contribution in [0.2, 0.25) is 0 Å². The molecule has 1 aliphatic heterocycles. The monoisotopic (exact) mass is 248 g/mol. The van der Waals surface area contributed by atoms with Crippen LogP contribution in [0.25, 0.3) is 0 Å². The molecule has 0 radical (unpaired) electrons. The summed E-state index contributed by atoms with van der Waals surface area (Å²) in [7, 11) is 1.48. The minimum Gasteiger partial charge on any atom is -0.496 e. The largest absolute Gasteiger partial charge is 0.496 e. The Bertz CT molecular complexity index is 492. The van der Waals surface area contributed by atoms with Gasteiger partial charge in [0.15, 0.2) is 6.10 Å². The maximum Gasteiger partial charge on any atom is 0.342 e. The number of benzene rings is 1. The van der Waals surface area contributed by atoms with Crippen LogP contribution in [0.15, 0.2) is 36.4 Å². The number of methoxy groups -OCH3 is 1. The standard InChI is InChI=1S/C13H12O5/c1-16-11-5-3-2-4-10(11)13(15)17-8-9-6-7-12(14)18-9/h2-7,9H,8H2,1H3/t9-/m1/s1. The summed E-state index contributed by atoms with van der Waals surface area (Å²) in [5.74, 6) is -0.487. The molecule has 0 spiro atoms. The van der Waals surface area contributed by atoms with E-state index in [4.69, 9.17) is 14.2 Å². The van der Waals surface area contributed by atoms with E-state index in [0.717, 1.165) is 0 Å². The highest BCUT2D eigenvalue weighted by atomic mass is 16.6. The Morgan fingerprint density at radius 1 is 1.39 bits per heavy atom. The van der Waals surface area contributed by atoms with E-state index < -0.39 is 18.0 Å². The Labute approximate surface area is 104 Å². The summed E-state index contributed by atoms with van der Waals surface area (Å²) in [6.07, 6.45) is 2.36. The minimum absolute atomic E-state index is 0.000871. The third-order valence-electron chi connectivity index (χ3n) is 2.42. The summed E-state index contributed by atoms with van der Waals surface area (Å²) in [4.78, 5) is 22.6. The Kier molecular flexibility index (Phi) is 3.62. The van der Waals surface area contributed by atoms with Crippen molar-refractivity contribution in [3.63, 3.8) is 0 Å². The summed E-state index contributed by atoms with van der Waals surface area (Å²) >= 11 is 0. The molecule has 2 rings (SSSR count). The molecule has 1 aliphatic rings. The molecule has 1 atom stereocenters. The number of hydrogen-bond acceptors (Lipinski definition) is 5. The highest BCUT2D eigenvalue weighted by Gasteiger charge is 2.20. The third kappa shape index (κ3) is 2.68. The van der Waals surface area contributed by atoms with E-state index in [2.05, 4.69) is 0 Å². The first kappa shape index (κ1) is 12.2. The Morgan fingerprint density at radius 3 is 2.83 bits per heavy atom. The molecule has 0 N–H and O–H groups in total. The first-order chi connectivity index (χ1) is 8.70. The molecule has 0 saturated heterocycles. The average molecular weight is 248 g/mol. The zero-order valence-electron chi connectivity index (χ0n) is 9.79. The molecule has 94 valence electrons. The molecule has 0 bridgehead atoms. The molecule has 0 saturated carbocycles. The van der Waals surface area contributed by atoms with Crippen LogP contribution in [0.1, 0.15) is 10.4 Å². The molecular formula is C13H12O5. The number of hydrogen-bond donors (Lipinski definition) is 0. The first-order valence-electron chi connectivity index (χ1n) is 5.39. The van der Waals surface area contributed by atoms with Gasteiger partial charge in [-0.2, -0.15) is 0 Å². The summed E-state index contributed by atoms with van der Waals surface area (Å²) in [5.41, 5.74) is 0.341. The van der Waals surface area contributed by atoms with E-state index in [9.17, 15) is 9.59 Å². The van der Waals surface area contributed by atoms with Crippen LogP contribution in [-0.4, -0.2) is 31.8 Å². The Morgan fingerprint density at radius 2 is 2.17 bits per heavy atom. The number of carbonyl (C=O) groups is 2. The molecule has 5 nitrogen and oxygen atoms in total. The van der Waals surface area contributed by atoms with Gasteiger partial charge in [-0.1, -0.05) is 12.1 Å². The Hall–Kier alpha value is -2.30. The topological polar surface area (TPSA) is 61.8 Å². The molecule has 0 aromatic heterocycles. The molecule has 0 aliphatic carbocycles. The lowest BCUT2D eigenvalue weighted by Crippen LogP contribution is -2.19. The minimum atomic E-state index is -0.510. The zero-order chi connectivity index (χ0) is 13.0. The summed E-state index contributed by atoms with van der Waals surface area (Å²) in [6.45, 7) is -0.000871. The number of esters is 2. The normalized spacial score (nSPS) is 17.4. The summed E-state index contributed by atoms with van der Waals surface area (Å²) in [5, 5.41) is 0. The van der Waals surface area contributed by atoms with E-state index in [1.165, 1.54) is 13.2 Å². The number of para-hydroxylation sites is 1. The third-order valence-corrected chi connectivity index (χ3v) is 2.42. The van der Waals surface area contributed by atoms with Gasteiger partial charge in [0.1, 0.15) is 17.9 Å². The molecule has 5 heteroatoms.